The lowest BCUT2D eigenvalue weighted by Crippen LogP contribution is -2.08. The Kier molecular flexibility index (Phi) is 4.99. The Labute approximate surface area is 123 Å². The molecule has 4 heteroatoms. The summed E-state index contributed by atoms with van der Waals surface area (Å²) >= 11 is 5.98. The first-order valence-corrected chi connectivity index (χ1v) is 6.90. The molecule has 0 aromatic heterocycles. The molecule has 2 rings (SSSR count). The van der Waals surface area contributed by atoms with Crippen LogP contribution in [0.5, 0.6) is 5.75 Å². The number of benzene rings is 2. The summed E-state index contributed by atoms with van der Waals surface area (Å²) in [5.41, 5.74) is 7.64. The predicted octanol–water partition coefficient (Wildman–Crippen LogP) is 4.47. The van der Waals surface area contributed by atoms with Crippen LogP contribution in [0, 0.1) is 5.82 Å². The molecule has 20 heavy (non-hydrogen) atoms. The highest BCUT2D eigenvalue weighted by Gasteiger charge is 2.05. The molecule has 0 aliphatic heterocycles. The molecule has 2 aromatic rings. The normalized spacial score (nSPS) is 12.2. The minimum atomic E-state index is -0.322. The van der Waals surface area contributed by atoms with Crippen LogP contribution in [0.1, 0.15) is 30.5 Å². The standard InChI is InChI=1S/C16H17ClFNO/c1-2-16(19)11-3-6-14(7-4-11)20-10-12-9-13(18)5-8-15(12)17/h3-9,16H,2,10,19H2,1H3/t16-/m0/s1. The molecule has 2 aromatic carbocycles. The van der Waals surface area contributed by atoms with Crippen molar-refractivity contribution in [2.45, 2.75) is 26.0 Å². The number of halogens is 2. The van der Waals surface area contributed by atoms with Crippen molar-refractivity contribution < 1.29 is 9.13 Å². The van der Waals surface area contributed by atoms with Gasteiger partial charge in [0.1, 0.15) is 18.2 Å². The van der Waals surface area contributed by atoms with Gasteiger partial charge in [-0.15, -0.1) is 0 Å². The first-order valence-electron chi connectivity index (χ1n) is 6.52. The molecule has 0 bridgehead atoms. The number of hydrogen-bond donors (Lipinski definition) is 1. The van der Waals surface area contributed by atoms with Gasteiger partial charge >= 0.3 is 0 Å². The maximum absolute atomic E-state index is 13.1. The van der Waals surface area contributed by atoms with Gasteiger partial charge in [-0.3, -0.25) is 0 Å². The molecule has 0 heterocycles. The highest BCUT2D eigenvalue weighted by atomic mass is 35.5. The van der Waals surface area contributed by atoms with Gasteiger partial charge in [-0.2, -0.15) is 0 Å². The van der Waals surface area contributed by atoms with E-state index >= 15 is 0 Å². The number of rotatable bonds is 5. The van der Waals surface area contributed by atoms with Crippen molar-refractivity contribution in [1.82, 2.24) is 0 Å². The minimum absolute atomic E-state index is 0.0433. The second-order valence-electron chi connectivity index (χ2n) is 4.61. The van der Waals surface area contributed by atoms with Gasteiger partial charge in [-0.25, -0.2) is 4.39 Å². The molecule has 2 N–H and O–H groups in total. The zero-order chi connectivity index (χ0) is 14.5. The van der Waals surface area contributed by atoms with E-state index in [2.05, 4.69) is 0 Å². The van der Waals surface area contributed by atoms with Crippen LogP contribution in [-0.2, 0) is 6.61 Å². The van der Waals surface area contributed by atoms with Crippen molar-refractivity contribution in [3.8, 4) is 5.75 Å². The molecule has 0 amide bonds. The first kappa shape index (κ1) is 14.8. The third kappa shape index (κ3) is 3.71. The molecular weight excluding hydrogens is 277 g/mol. The van der Waals surface area contributed by atoms with E-state index in [-0.39, 0.29) is 18.5 Å². The summed E-state index contributed by atoms with van der Waals surface area (Å²) in [5.74, 6) is 0.384. The smallest absolute Gasteiger partial charge is 0.123 e. The summed E-state index contributed by atoms with van der Waals surface area (Å²) in [6.07, 6.45) is 0.888. The monoisotopic (exact) mass is 293 g/mol. The lowest BCUT2D eigenvalue weighted by atomic mass is 10.1. The van der Waals surface area contributed by atoms with Gasteiger partial charge in [0.15, 0.2) is 0 Å². The molecule has 0 spiro atoms. The Morgan fingerprint density at radius 3 is 2.55 bits per heavy atom. The van der Waals surface area contributed by atoms with Crippen LogP contribution >= 0.6 is 11.6 Å². The van der Waals surface area contributed by atoms with E-state index in [1.807, 2.05) is 31.2 Å². The SMILES string of the molecule is CC[C@H](N)c1ccc(OCc2cc(F)ccc2Cl)cc1. The van der Waals surface area contributed by atoms with Crippen LogP contribution in [-0.4, -0.2) is 0 Å². The minimum Gasteiger partial charge on any atom is -0.489 e. The van der Waals surface area contributed by atoms with Crippen LogP contribution in [0.4, 0.5) is 4.39 Å². The van der Waals surface area contributed by atoms with E-state index < -0.39 is 0 Å². The summed E-state index contributed by atoms with van der Waals surface area (Å²) in [6, 6.07) is 11.9. The molecule has 0 saturated heterocycles. The van der Waals surface area contributed by atoms with Crippen molar-refractivity contribution in [2.75, 3.05) is 0 Å². The second kappa shape index (κ2) is 6.73. The molecule has 0 radical (unpaired) electrons. The van der Waals surface area contributed by atoms with Crippen LogP contribution < -0.4 is 10.5 Å². The Bertz CT molecular complexity index is 571. The second-order valence-corrected chi connectivity index (χ2v) is 5.02. The molecule has 0 fully saturated rings. The van der Waals surface area contributed by atoms with Crippen molar-refractivity contribution in [1.29, 1.82) is 0 Å². The fourth-order valence-electron chi connectivity index (χ4n) is 1.86. The van der Waals surface area contributed by atoms with Crippen LogP contribution in [0.3, 0.4) is 0 Å². The Morgan fingerprint density at radius 1 is 1.20 bits per heavy atom. The largest absolute Gasteiger partial charge is 0.489 e. The van der Waals surface area contributed by atoms with Crippen molar-refractivity contribution >= 4 is 11.6 Å². The van der Waals surface area contributed by atoms with Crippen LogP contribution in [0.25, 0.3) is 0 Å². The van der Waals surface area contributed by atoms with Gasteiger partial charge in [-0.05, 0) is 42.3 Å². The zero-order valence-corrected chi connectivity index (χ0v) is 12.0. The molecule has 0 unspecified atom stereocenters. The highest BCUT2D eigenvalue weighted by molar-refractivity contribution is 6.31. The molecule has 2 nitrogen and oxygen atoms in total. The summed E-state index contributed by atoms with van der Waals surface area (Å²) in [7, 11) is 0. The average Bonchev–Trinajstić information content (AvgIpc) is 2.48. The van der Waals surface area contributed by atoms with Gasteiger partial charge in [0, 0.05) is 16.6 Å². The van der Waals surface area contributed by atoms with Gasteiger partial charge in [0.25, 0.3) is 0 Å². The number of nitrogens with two attached hydrogens (primary N) is 1. The maximum Gasteiger partial charge on any atom is 0.123 e. The zero-order valence-electron chi connectivity index (χ0n) is 11.3. The van der Waals surface area contributed by atoms with Crippen molar-refractivity contribution in [3.05, 3.63) is 64.4 Å². The fraction of sp³-hybridized carbons (Fsp3) is 0.250. The van der Waals surface area contributed by atoms with Crippen molar-refractivity contribution in [2.24, 2.45) is 5.73 Å². The molecule has 0 saturated carbocycles. The Balaban J connectivity index is 2.02. The Hall–Kier alpha value is -1.58. The maximum atomic E-state index is 13.1. The summed E-state index contributed by atoms with van der Waals surface area (Å²) in [5, 5.41) is 0.496. The van der Waals surface area contributed by atoms with E-state index in [0.717, 1.165) is 12.0 Å². The van der Waals surface area contributed by atoms with Gasteiger partial charge in [0.05, 0.1) is 0 Å². The fourth-order valence-corrected chi connectivity index (χ4v) is 2.03. The summed E-state index contributed by atoms with van der Waals surface area (Å²) in [4.78, 5) is 0. The molecular formula is C16H17ClFNO. The highest BCUT2D eigenvalue weighted by Crippen LogP contribution is 2.22. The average molecular weight is 294 g/mol. The first-order chi connectivity index (χ1) is 9.60. The lowest BCUT2D eigenvalue weighted by Gasteiger charge is -2.11. The summed E-state index contributed by atoms with van der Waals surface area (Å²) < 4.78 is 18.7. The number of hydrogen-bond acceptors (Lipinski definition) is 2. The predicted molar refractivity (Wildman–Crippen MR) is 79.4 cm³/mol. The van der Waals surface area contributed by atoms with Gasteiger partial charge in [0.2, 0.25) is 0 Å². The molecule has 1 atom stereocenters. The molecule has 0 aliphatic rings. The van der Waals surface area contributed by atoms with Gasteiger partial charge in [-0.1, -0.05) is 30.7 Å². The lowest BCUT2D eigenvalue weighted by molar-refractivity contribution is 0.305. The molecule has 0 aliphatic carbocycles. The van der Waals surface area contributed by atoms with E-state index in [0.29, 0.717) is 16.3 Å². The number of ether oxygens (including phenoxy) is 1. The van der Waals surface area contributed by atoms with E-state index in [1.165, 1.54) is 18.2 Å². The molecule has 106 valence electrons. The van der Waals surface area contributed by atoms with Gasteiger partial charge < -0.3 is 10.5 Å². The van der Waals surface area contributed by atoms with Crippen LogP contribution in [0.2, 0.25) is 5.02 Å². The third-order valence-corrected chi connectivity index (χ3v) is 3.52. The summed E-state index contributed by atoms with van der Waals surface area (Å²) in [6.45, 7) is 2.27. The third-order valence-electron chi connectivity index (χ3n) is 3.15. The van der Waals surface area contributed by atoms with Crippen LogP contribution in [0.15, 0.2) is 42.5 Å². The van der Waals surface area contributed by atoms with E-state index in [9.17, 15) is 4.39 Å². The topological polar surface area (TPSA) is 35.2 Å². The van der Waals surface area contributed by atoms with E-state index in [4.69, 9.17) is 22.1 Å². The van der Waals surface area contributed by atoms with Crippen molar-refractivity contribution in [3.63, 3.8) is 0 Å². The van der Waals surface area contributed by atoms with E-state index in [1.54, 1.807) is 0 Å². The quantitative estimate of drug-likeness (QED) is 0.883. The Morgan fingerprint density at radius 2 is 1.90 bits per heavy atom.